The minimum Gasteiger partial charge on any atom is -0.349 e. The third-order valence-corrected chi connectivity index (χ3v) is 5.80. The van der Waals surface area contributed by atoms with Gasteiger partial charge in [0.1, 0.15) is 11.1 Å². The molecular weight excluding hydrogens is 342 g/mol. The lowest BCUT2D eigenvalue weighted by Gasteiger charge is -2.16. The van der Waals surface area contributed by atoms with Gasteiger partial charge >= 0.3 is 0 Å². The molecule has 1 N–H and O–H groups in total. The first-order valence-electron chi connectivity index (χ1n) is 8.61. The number of rotatable bonds is 5. The van der Waals surface area contributed by atoms with Crippen molar-refractivity contribution >= 4 is 17.7 Å². The number of amides is 1. The standard InChI is InChI=1S/C21H25N3OS/c1-12-7-8-18(9-13(12)2)17(6)23-20(25)11-26-21-19(10-22)15(4)14(3)16(5)24-21/h7-9,17H,11H2,1-6H3,(H,23,25). The van der Waals surface area contributed by atoms with E-state index in [2.05, 4.69) is 42.4 Å². The monoisotopic (exact) mass is 367 g/mol. The Morgan fingerprint density at radius 3 is 2.50 bits per heavy atom. The average molecular weight is 368 g/mol. The number of nitrogens with zero attached hydrogens (tertiary/aromatic N) is 2. The normalized spacial score (nSPS) is 11.7. The van der Waals surface area contributed by atoms with Crippen molar-refractivity contribution in [2.45, 2.75) is 52.6 Å². The zero-order valence-corrected chi connectivity index (χ0v) is 17.0. The van der Waals surface area contributed by atoms with Gasteiger partial charge in [0, 0.05) is 5.69 Å². The Balaban J connectivity index is 2.05. The molecule has 1 aromatic carbocycles. The third kappa shape index (κ3) is 4.44. The molecule has 0 aliphatic heterocycles. The Morgan fingerprint density at radius 1 is 1.19 bits per heavy atom. The van der Waals surface area contributed by atoms with Crippen molar-refractivity contribution in [1.82, 2.24) is 10.3 Å². The molecule has 0 aliphatic rings. The Morgan fingerprint density at radius 2 is 1.88 bits per heavy atom. The van der Waals surface area contributed by atoms with E-state index in [1.807, 2.05) is 33.8 Å². The van der Waals surface area contributed by atoms with Crippen molar-refractivity contribution in [2.75, 3.05) is 5.75 Å². The Labute approximate surface area is 160 Å². The fraction of sp³-hybridized carbons (Fsp3) is 0.381. The fourth-order valence-electron chi connectivity index (χ4n) is 2.68. The van der Waals surface area contributed by atoms with E-state index in [9.17, 15) is 10.1 Å². The highest BCUT2D eigenvalue weighted by molar-refractivity contribution is 8.00. The first-order valence-corrected chi connectivity index (χ1v) is 9.60. The van der Waals surface area contributed by atoms with Crippen LogP contribution in [0.5, 0.6) is 0 Å². The zero-order valence-electron chi connectivity index (χ0n) is 16.2. The van der Waals surface area contributed by atoms with Gasteiger partial charge < -0.3 is 5.32 Å². The number of carbonyl (C=O) groups excluding carboxylic acids is 1. The molecule has 0 radical (unpaired) electrons. The van der Waals surface area contributed by atoms with Crippen molar-refractivity contribution in [1.29, 1.82) is 5.26 Å². The SMILES string of the molecule is Cc1ccc(C(C)NC(=O)CSc2nc(C)c(C)c(C)c2C#N)cc1C. The van der Waals surface area contributed by atoms with E-state index in [0.717, 1.165) is 22.4 Å². The number of hydrogen-bond acceptors (Lipinski definition) is 4. The number of aryl methyl sites for hydroxylation is 3. The Kier molecular flexibility index (Phi) is 6.44. The molecule has 0 saturated heterocycles. The van der Waals surface area contributed by atoms with Gasteiger partial charge in [-0.1, -0.05) is 30.0 Å². The van der Waals surface area contributed by atoms with Crippen molar-refractivity contribution < 1.29 is 4.79 Å². The van der Waals surface area contributed by atoms with E-state index in [0.29, 0.717) is 10.6 Å². The maximum absolute atomic E-state index is 12.3. The quantitative estimate of drug-likeness (QED) is 0.792. The molecule has 136 valence electrons. The highest BCUT2D eigenvalue weighted by Crippen LogP contribution is 2.26. The number of nitriles is 1. The molecule has 0 saturated carbocycles. The lowest BCUT2D eigenvalue weighted by Crippen LogP contribution is -2.28. The highest BCUT2D eigenvalue weighted by atomic mass is 32.2. The maximum atomic E-state index is 12.3. The number of carbonyl (C=O) groups is 1. The lowest BCUT2D eigenvalue weighted by atomic mass is 10.0. The molecule has 1 aromatic heterocycles. The summed E-state index contributed by atoms with van der Waals surface area (Å²) in [7, 11) is 0. The fourth-order valence-corrected chi connectivity index (χ4v) is 3.58. The largest absolute Gasteiger partial charge is 0.349 e. The van der Waals surface area contributed by atoms with Crippen LogP contribution in [-0.2, 0) is 4.79 Å². The smallest absolute Gasteiger partial charge is 0.230 e. The molecule has 2 aromatic rings. The van der Waals surface area contributed by atoms with Gasteiger partial charge in [-0.25, -0.2) is 4.98 Å². The van der Waals surface area contributed by atoms with Crippen LogP contribution in [0.2, 0.25) is 0 Å². The Hall–Kier alpha value is -2.32. The lowest BCUT2D eigenvalue weighted by molar-refractivity contribution is -0.119. The van der Waals surface area contributed by atoms with Crippen LogP contribution in [0, 0.1) is 45.9 Å². The van der Waals surface area contributed by atoms with Crippen LogP contribution < -0.4 is 5.32 Å². The van der Waals surface area contributed by atoms with Gasteiger partial charge in [0.2, 0.25) is 5.91 Å². The van der Waals surface area contributed by atoms with E-state index >= 15 is 0 Å². The van der Waals surface area contributed by atoms with Crippen molar-refractivity contribution in [3.63, 3.8) is 0 Å². The molecule has 1 unspecified atom stereocenters. The first kappa shape index (κ1) is 20.0. The number of benzene rings is 1. The minimum absolute atomic E-state index is 0.0627. The number of thioether (sulfide) groups is 1. The van der Waals surface area contributed by atoms with Gasteiger partial charge in [0.15, 0.2) is 0 Å². The third-order valence-electron chi connectivity index (χ3n) is 4.82. The van der Waals surface area contributed by atoms with E-state index in [4.69, 9.17) is 0 Å². The van der Waals surface area contributed by atoms with E-state index < -0.39 is 0 Å². The first-order chi connectivity index (χ1) is 12.2. The van der Waals surface area contributed by atoms with Crippen molar-refractivity contribution in [3.8, 4) is 6.07 Å². The van der Waals surface area contributed by atoms with Crippen LogP contribution in [0.4, 0.5) is 0 Å². The molecule has 1 amide bonds. The second kappa shape index (κ2) is 8.37. The predicted octanol–water partition coefficient (Wildman–Crippen LogP) is 4.46. The maximum Gasteiger partial charge on any atom is 0.230 e. The van der Waals surface area contributed by atoms with Crippen LogP contribution in [-0.4, -0.2) is 16.6 Å². The summed E-state index contributed by atoms with van der Waals surface area (Å²) < 4.78 is 0. The van der Waals surface area contributed by atoms with Crippen LogP contribution in [0.1, 0.15) is 52.0 Å². The summed E-state index contributed by atoms with van der Waals surface area (Å²) in [6.07, 6.45) is 0. The summed E-state index contributed by atoms with van der Waals surface area (Å²) in [6.45, 7) is 11.9. The second-order valence-corrected chi connectivity index (χ2v) is 7.62. The number of hydrogen-bond donors (Lipinski definition) is 1. The van der Waals surface area contributed by atoms with Crippen LogP contribution >= 0.6 is 11.8 Å². The topological polar surface area (TPSA) is 65.8 Å². The summed E-state index contributed by atoms with van der Waals surface area (Å²) >= 11 is 1.31. The van der Waals surface area contributed by atoms with Crippen LogP contribution in [0.3, 0.4) is 0 Å². The zero-order chi connectivity index (χ0) is 19.4. The number of aromatic nitrogens is 1. The molecule has 4 nitrogen and oxygen atoms in total. The molecule has 26 heavy (non-hydrogen) atoms. The summed E-state index contributed by atoms with van der Waals surface area (Å²) in [5.41, 5.74) is 6.96. The van der Waals surface area contributed by atoms with E-state index in [1.165, 1.54) is 22.9 Å². The summed E-state index contributed by atoms with van der Waals surface area (Å²) in [6, 6.07) is 8.38. The van der Waals surface area contributed by atoms with Gasteiger partial charge in [-0.15, -0.1) is 0 Å². The Bertz CT molecular complexity index is 884. The van der Waals surface area contributed by atoms with Gasteiger partial charge in [0.25, 0.3) is 0 Å². The highest BCUT2D eigenvalue weighted by Gasteiger charge is 2.15. The van der Waals surface area contributed by atoms with Crippen LogP contribution in [0.25, 0.3) is 0 Å². The van der Waals surface area contributed by atoms with Crippen molar-refractivity contribution in [3.05, 3.63) is 57.3 Å². The summed E-state index contributed by atoms with van der Waals surface area (Å²) in [5.74, 6) is 0.168. The van der Waals surface area contributed by atoms with Crippen LogP contribution in [0.15, 0.2) is 23.2 Å². The molecule has 5 heteroatoms. The van der Waals surface area contributed by atoms with Crippen molar-refractivity contribution in [2.24, 2.45) is 0 Å². The van der Waals surface area contributed by atoms with Gasteiger partial charge in [0.05, 0.1) is 17.4 Å². The predicted molar refractivity (Wildman–Crippen MR) is 106 cm³/mol. The summed E-state index contributed by atoms with van der Waals surface area (Å²) in [5, 5.41) is 13.1. The van der Waals surface area contributed by atoms with Gasteiger partial charge in [-0.2, -0.15) is 5.26 Å². The number of pyridine rings is 1. The molecule has 0 bridgehead atoms. The molecule has 0 aliphatic carbocycles. The molecule has 0 fully saturated rings. The molecule has 2 rings (SSSR count). The second-order valence-electron chi connectivity index (χ2n) is 6.66. The summed E-state index contributed by atoms with van der Waals surface area (Å²) in [4.78, 5) is 16.8. The van der Waals surface area contributed by atoms with E-state index in [1.54, 1.807) is 0 Å². The average Bonchev–Trinajstić information content (AvgIpc) is 2.60. The minimum atomic E-state index is -0.0673. The van der Waals surface area contributed by atoms with E-state index in [-0.39, 0.29) is 17.7 Å². The number of nitrogens with one attached hydrogen (secondary N) is 1. The molecule has 0 spiro atoms. The molecule has 1 heterocycles. The molecular formula is C21H25N3OS. The molecule has 1 atom stereocenters. The van der Waals surface area contributed by atoms with Gasteiger partial charge in [-0.05, 0) is 69.4 Å². The van der Waals surface area contributed by atoms with Gasteiger partial charge in [-0.3, -0.25) is 4.79 Å².